The molecule has 410 valence electrons. The van der Waals surface area contributed by atoms with Gasteiger partial charge in [-0.05, 0) is 45.2 Å². The number of aliphatic hydroxyl groups excluding tert-OH is 2. The van der Waals surface area contributed by atoms with Gasteiger partial charge in [0.2, 0.25) is 139 Å². The first-order valence-corrected chi connectivity index (χ1v) is 20.7. The summed E-state index contributed by atoms with van der Waals surface area (Å²) < 4.78 is 296. The van der Waals surface area contributed by atoms with Crippen LogP contribution in [0.1, 0.15) is 52.8 Å². The number of halogens is 21. The fraction of sp³-hybridized carbons (Fsp3) is 0.325. The maximum atomic E-state index is 13.4. The highest BCUT2D eigenvalue weighted by Crippen LogP contribution is 2.34. The molecule has 0 saturated heterocycles. The largest absolute Gasteiger partial charge is 0.519 e. The van der Waals surface area contributed by atoms with Crippen LogP contribution in [0.2, 0.25) is 0 Å². The van der Waals surface area contributed by atoms with E-state index in [2.05, 4.69) is 28.4 Å². The van der Waals surface area contributed by atoms with E-state index in [0.717, 1.165) is 25.7 Å². The lowest BCUT2D eigenvalue weighted by atomic mass is 10.2. The second-order valence-electron chi connectivity index (χ2n) is 12.9. The summed E-state index contributed by atoms with van der Waals surface area (Å²) in [7, 11) is -0.417. The number of aliphatic hydroxyl groups is 2. The molecule has 0 aliphatic carbocycles. The maximum absolute atomic E-state index is 13.4. The summed E-state index contributed by atoms with van der Waals surface area (Å²) in [6.45, 7) is 1.24. The minimum Gasteiger partial charge on any atom is -0.434 e. The molecule has 0 radical (unpaired) electrons. The lowest BCUT2D eigenvalue weighted by Crippen LogP contribution is -2.19. The van der Waals surface area contributed by atoms with Gasteiger partial charge in [-0.15, -0.1) is 0 Å². The second-order valence-corrected chi connectivity index (χ2v) is 13.3. The van der Waals surface area contributed by atoms with E-state index < -0.39 is 180 Å². The van der Waals surface area contributed by atoms with Crippen LogP contribution in [0.25, 0.3) is 0 Å². The lowest BCUT2D eigenvalue weighted by molar-refractivity contribution is 0.0889. The summed E-state index contributed by atoms with van der Waals surface area (Å²) in [6, 6.07) is 0. The number of carbonyl (C=O) groups excluding carboxylic acids is 3. The molecule has 0 aromatic heterocycles. The summed E-state index contributed by atoms with van der Waals surface area (Å²) >= 11 is 0. The Morgan fingerprint density at radius 2 is 0.493 bits per heavy atom. The molecular formula is C40H32F21O11P. The lowest BCUT2D eigenvalue weighted by Gasteiger charge is -2.10. The Hall–Kier alpha value is -6.43. The van der Waals surface area contributed by atoms with Gasteiger partial charge in [-0.3, -0.25) is 0 Å². The van der Waals surface area contributed by atoms with Gasteiger partial charge < -0.3 is 38.6 Å². The normalized spacial score (nSPS) is 10.7. The van der Waals surface area contributed by atoms with Gasteiger partial charge in [-0.1, -0.05) is 12.8 Å². The van der Waals surface area contributed by atoms with Crippen molar-refractivity contribution in [3.05, 3.63) is 116 Å². The Morgan fingerprint density at radius 1 is 0.329 bits per heavy atom. The molecule has 0 spiro atoms. The van der Waals surface area contributed by atoms with Crippen molar-refractivity contribution < 1.29 is 146 Å². The van der Waals surface area contributed by atoms with Gasteiger partial charge in [0.15, 0.2) is 0 Å². The van der Waals surface area contributed by atoms with Crippen LogP contribution in [0, 0.1) is 116 Å². The van der Waals surface area contributed by atoms with Crippen molar-refractivity contribution in [3.8, 4) is 23.0 Å². The molecule has 0 fully saturated rings. The molecule has 0 amide bonds. The number of hydrogen-bond acceptors (Lipinski definition) is 11. The molecule has 4 aromatic carbocycles. The molecule has 1 unspecified atom stereocenters. The van der Waals surface area contributed by atoms with Crippen LogP contribution in [-0.4, -0.2) is 61.8 Å². The van der Waals surface area contributed by atoms with E-state index in [1.165, 1.54) is 6.66 Å². The molecular weight excluding hydrogens is 1090 g/mol. The summed E-state index contributed by atoms with van der Waals surface area (Å²) in [5, 5.41) is 16.6. The minimum absolute atomic E-state index is 0. The third kappa shape index (κ3) is 17.9. The standard InChI is InChI=1S/C20H12F10O6.C13F10O3.C6H14O2.CH4FP.H2/c21-7-9(23)13(27)17(14(28)10(7)24)35-19(31)33-5-3-1-2-4-6-34-20(32)36-18-15(29)11(25)8(22)12(26)16(18)30;14-1-3(16)7(20)11(8(21)4(1)17)25-13(24)26-12-9(22)5(18)2(15)6(19)10(12)23;7-5-3-1-2-4-6-8;1-3-2;/h1-6H2;;7-8H,1-6H2;3H,1H3;1H. The predicted octanol–water partition coefficient (Wildman–Crippen LogP) is 13.0. The van der Waals surface area contributed by atoms with E-state index in [1.807, 2.05) is 0 Å². The monoisotopic (exact) mass is 1120 g/mol. The van der Waals surface area contributed by atoms with Crippen LogP contribution in [-0.2, 0) is 9.47 Å². The van der Waals surface area contributed by atoms with Gasteiger partial charge in [0, 0.05) is 14.6 Å². The third-order valence-electron chi connectivity index (χ3n) is 7.96. The van der Waals surface area contributed by atoms with Crippen LogP contribution < -0.4 is 18.9 Å². The molecule has 0 aliphatic rings. The van der Waals surface area contributed by atoms with Gasteiger partial charge in [0.05, 0.1) is 22.1 Å². The number of carbonyl (C=O) groups is 3. The highest BCUT2D eigenvalue weighted by molar-refractivity contribution is 7.30. The van der Waals surface area contributed by atoms with Gasteiger partial charge in [-0.25, -0.2) is 71.3 Å². The molecule has 33 heteroatoms. The van der Waals surface area contributed by atoms with E-state index in [4.69, 9.17) is 10.2 Å². The van der Waals surface area contributed by atoms with Crippen LogP contribution in [0.4, 0.5) is 106 Å². The Bertz CT molecular complexity index is 2280. The van der Waals surface area contributed by atoms with Crippen LogP contribution in [0.15, 0.2) is 0 Å². The highest BCUT2D eigenvalue weighted by Gasteiger charge is 2.34. The molecule has 0 heterocycles. The first-order chi connectivity index (χ1) is 34.2. The quantitative estimate of drug-likeness (QED) is 0.0210. The van der Waals surface area contributed by atoms with Crippen molar-refractivity contribution in [2.75, 3.05) is 33.1 Å². The van der Waals surface area contributed by atoms with Crippen molar-refractivity contribution in [1.29, 1.82) is 0 Å². The first-order valence-electron chi connectivity index (χ1n) is 19.3. The van der Waals surface area contributed by atoms with Gasteiger partial charge in [0.1, 0.15) is 0 Å². The minimum atomic E-state index is -2.62. The zero-order valence-electron chi connectivity index (χ0n) is 36.0. The van der Waals surface area contributed by atoms with Crippen molar-refractivity contribution >= 4 is 27.4 Å². The average molecular weight is 1120 g/mol. The summed E-state index contributed by atoms with van der Waals surface area (Å²) in [4.78, 5) is 34.0. The molecule has 0 bridgehead atoms. The first kappa shape index (κ1) is 64.6. The van der Waals surface area contributed by atoms with E-state index in [0.29, 0.717) is 0 Å². The van der Waals surface area contributed by atoms with Crippen molar-refractivity contribution in [2.24, 2.45) is 0 Å². The maximum Gasteiger partial charge on any atom is 0.519 e. The summed E-state index contributed by atoms with van der Waals surface area (Å²) in [6.07, 6.45) is -1.50. The van der Waals surface area contributed by atoms with Crippen molar-refractivity contribution in [2.45, 2.75) is 51.4 Å². The Balaban J connectivity index is 0.00000122. The van der Waals surface area contributed by atoms with Crippen molar-refractivity contribution in [1.82, 2.24) is 0 Å². The number of rotatable bonds is 16. The average Bonchev–Trinajstić information content (AvgIpc) is 3.37. The van der Waals surface area contributed by atoms with Crippen molar-refractivity contribution in [3.63, 3.8) is 0 Å². The second kappa shape index (κ2) is 31.2. The number of unbranched alkanes of at least 4 members (excludes halogenated alkanes) is 6. The number of hydrogen-bond donors (Lipinski definition) is 2. The van der Waals surface area contributed by atoms with E-state index in [-0.39, 0.29) is 40.3 Å². The Morgan fingerprint density at radius 3 is 0.685 bits per heavy atom. The molecule has 4 rings (SSSR count). The van der Waals surface area contributed by atoms with Gasteiger partial charge in [0.25, 0.3) is 0 Å². The fourth-order valence-corrected chi connectivity index (χ4v) is 4.56. The van der Waals surface area contributed by atoms with Gasteiger partial charge >= 0.3 is 18.5 Å². The van der Waals surface area contributed by atoms with Crippen LogP contribution in [0.3, 0.4) is 0 Å². The molecule has 4 aromatic rings. The van der Waals surface area contributed by atoms with E-state index >= 15 is 0 Å². The summed E-state index contributed by atoms with van der Waals surface area (Å²) in [5.74, 6) is -57.8. The van der Waals surface area contributed by atoms with Gasteiger partial charge in [-0.2, -0.15) is 35.1 Å². The molecule has 11 nitrogen and oxygen atoms in total. The fourth-order valence-electron chi connectivity index (χ4n) is 4.56. The van der Waals surface area contributed by atoms with Crippen LogP contribution >= 0.6 is 8.89 Å². The number of ether oxygens (including phenoxy) is 6. The SMILES string of the molecule is CPF.O=C(OCCCCCCOC(=O)Oc1c(F)c(F)c(F)c(F)c1F)Oc1c(F)c(F)c(F)c(F)c1F.O=C(Oc1c(F)c(F)c(F)c(F)c1F)Oc1c(F)c(F)c(F)c(F)c1F.OCCCCCCO.[HH]. The topological polar surface area (TPSA) is 147 Å². The summed E-state index contributed by atoms with van der Waals surface area (Å²) in [5.41, 5.74) is 0. The van der Waals surface area contributed by atoms with E-state index in [1.54, 1.807) is 0 Å². The Labute approximate surface area is 397 Å². The van der Waals surface area contributed by atoms with Crippen LogP contribution in [0.5, 0.6) is 23.0 Å². The molecule has 0 aliphatic heterocycles. The smallest absolute Gasteiger partial charge is 0.434 e. The molecule has 2 N–H and O–H groups in total. The predicted molar refractivity (Wildman–Crippen MR) is 204 cm³/mol. The van der Waals surface area contributed by atoms with E-state index in [9.17, 15) is 106 Å². The third-order valence-corrected chi connectivity index (χ3v) is 7.96. The zero-order valence-corrected chi connectivity index (χ0v) is 37.0. The highest BCUT2D eigenvalue weighted by atomic mass is 31.1. The zero-order chi connectivity index (χ0) is 56.0. The Kier molecular flexibility index (Phi) is 27.6. The molecule has 73 heavy (non-hydrogen) atoms. The molecule has 0 saturated carbocycles. The molecule has 1 atom stereocenters. The number of benzene rings is 4.